The van der Waals surface area contributed by atoms with E-state index in [1.807, 2.05) is 23.0 Å². The van der Waals surface area contributed by atoms with E-state index in [1.54, 1.807) is 13.1 Å². The lowest BCUT2D eigenvalue weighted by molar-refractivity contribution is 0.127. The van der Waals surface area contributed by atoms with Crippen molar-refractivity contribution in [1.82, 2.24) is 19.9 Å². The zero-order chi connectivity index (χ0) is 24.3. The summed E-state index contributed by atoms with van der Waals surface area (Å²) in [5, 5.41) is 8.85. The molecule has 0 saturated heterocycles. The fraction of sp³-hybridized carbons (Fsp3) is 0.348. The fourth-order valence-corrected chi connectivity index (χ4v) is 6.11. The van der Waals surface area contributed by atoms with Gasteiger partial charge < -0.3 is 18.7 Å². The van der Waals surface area contributed by atoms with E-state index in [0.717, 1.165) is 24.0 Å². The minimum absolute atomic E-state index is 0.0351. The zero-order valence-electron chi connectivity index (χ0n) is 19.3. The molecule has 0 amide bonds. The van der Waals surface area contributed by atoms with E-state index in [9.17, 15) is 8.42 Å². The van der Waals surface area contributed by atoms with Gasteiger partial charge in [-0.1, -0.05) is 5.16 Å². The molecule has 0 bridgehead atoms. The Bertz CT molecular complexity index is 1520. The molecule has 1 N–H and O–H groups in total. The van der Waals surface area contributed by atoms with Gasteiger partial charge >= 0.3 is 0 Å². The maximum atomic E-state index is 13.5. The van der Waals surface area contributed by atoms with Crippen molar-refractivity contribution in [2.75, 3.05) is 18.9 Å². The third-order valence-electron chi connectivity index (χ3n) is 6.53. The molecule has 2 atom stereocenters. The topological polar surface area (TPSA) is 131 Å². The highest BCUT2D eigenvalue weighted by molar-refractivity contribution is 7.93. The second-order valence-electron chi connectivity index (χ2n) is 8.64. The van der Waals surface area contributed by atoms with Gasteiger partial charge in [-0.3, -0.25) is 9.40 Å². The van der Waals surface area contributed by atoms with Crippen LogP contribution in [0.15, 0.2) is 40.0 Å². The van der Waals surface area contributed by atoms with Crippen LogP contribution >= 0.6 is 0 Å². The summed E-state index contributed by atoms with van der Waals surface area (Å²) in [6.45, 7) is 2.26. The van der Waals surface area contributed by atoms with E-state index in [2.05, 4.69) is 20.0 Å². The number of aromatic nitrogens is 4. The van der Waals surface area contributed by atoms with E-state index in [1.165, 1.54) is 20.3 Å². The van der Waals surface area contributed by atoms with Crippen molar-refractivity contribution in [2.45, 2.75) is 43.2 Å². The summed E-state index contributed by atoms with van der Waals surface area (Å²) in [4.78, 5) is 3.97. The predicted molar refractivity (Wildman–Crippen MR) is 125 cm³/mol. The Labute approximate surface area is 201 Å². The van der Waals surface area contributed by atoms with E-state index >= 15 is 0 Å². The summed E-state index contributed by atoms with van der Waals surface area (Å²) in [5.74, 6) is 0.921. The highest BCUT2D eigenvalue weighted by Crippen LogP contribution is 2.54. The van der Waals surface area contributed by atoms with E-state index in [4.69, 9.17) is 18.7 Å². The average molecular weight is 498 g/mol. The van der Waals surface area contributed by atoms with E-state index < -0.39 is 10.0 Å². The molecular weight excluding hydrogens is 474 g/mol. The third-order valence-corrected chi connectivity index (χ3v) is 7.91. The van der Waals surface area contributed by atoms with Crippen LogP contribution in [0.4, 0.5) is 5.82 Å². The first-order chi connectivity index (χ1) is 16.9. The van der Waals surface area contributed by atoms with Crippen molar-refractivity contribution in [1.29, 1.82) is 0 Å². The number of methoxy groups -OCH3 is 2. The molecule has 1 fully saturated rings. The molecule has 2 aliphatic rings. The molecule has 182 valence electrons. The highest BCUT2D eigenvalue weighted by atomic mass is 32.2. The molecule has 12 heteroatoms. The molecule has 1 aliphatic carbocycles. The van der Waals surface area contributed by atoms with E-state index in [0.29, 0.717) is 29.0 Å². The molecule has 1 aromatic carbocycles. The highest BCUT2D eigenvalue weighted by Gasteiger charge is 2.45. The van der Waals surface area contributed by atoms with Gasteiger partial charge in [-0.2, -0.15) is 5.10 Å². The summed E-state index contributed by atoms with van der Waals surface area (Å²) in [7, 11) is -1.48. The summed E-state index contributed by atoms with van der Waals surface area (Å²) < 4.78 is 53.8. The van der Waals surface area contributed by atoms with Crippen LogP contribution in [0.25, 0.3) is 11.0 Å². The standard InChI is InChI=1S/C23H23N5O6S/c1-12-9-17(31-2)21(23(25-12)32-3)35(29,30)27-22-19-16(34-26-22)10-13(11-28-8-4-7-24-28)18-14-5-6-15(14)33-20(18)19/h4,7-10,14-15H,5-6,11H2,1-3H3,(H,26,27). The number of pyridine rings is 1. The molecule has 11 nitrogen and oxygen atoms in total. The van der Waals surface area contributed by atoms with Crippen LogP contribution in [0.5, 0.6) is 17.4 Å². The van der Waals surface area contributed by atoms with E-state index in [-0.39, 0.29) is 34.4 Å². The maximum Gasteiger partial charge on any atom is 0.272 e. The van der Waals surface area contributed by atoms with Gasteiger partial charge in [-0.25, -0.2) is 13.4 Å². The number of hydrogen-bond donors (Lipinski definition) is 1. The first-order valence-electron chi connectivity index (χ1n) is 11.1. The summed E-state index contributed by atoms with van der Waals surface area (Å²) in [5.41, 5.74) is 3.04. The number of fused-ring (bicyclic) bond motifs is 5. The second-order valence-corrected chi connectivity index (χ2v) is 10.3. The molecule has 6 rings (SSSR count). The smallest absolute Gasteiger partial charge is 0.272 e. The monoisotopic (exact) mass is 497 g/mol. The van der Waals surface area contributed by atoms with Crippen molar-refractivity contribution in [3.05, 3.63) is 47.4 Å². The number of rotatable bonds is 7. The number of ether oxygens (including phenoxy) is 3. The van der Waals surface area contributed by atoms with Crippen molar-refractivity contribution in [3.8, 4) is 17.4 Å². The van der Waals surface area contributed by atoms with Gasteiger partial charge in [-0.15, -0.1) is 0 Å². The Morgan fingerprint density at radius 2 is 2.09 bits per heavy atom. The van der Waals surface area contributed by atoms with Crippen LogP contribution in [-0.2, 0) is 16.6 Å². The largest absolute Gasteiger partial charge is 0.495 e. The van der Waals surface area contributed by atoms with Gasteiger partial charge in [0, 0.05) is 35.6 Å². The van der Waals surface area contributed by atoms with Crippen LogP contribution in [0.3, 0.4) is 0 Å². The lowest BCUT2D eigenvalue weighted by atomic mass is 9.77. The van der Waals surface area contributed by atoms with Crippen LogP contribution in [-0.4, -0.2) is 48.7 Å². The maximum absolute atomic E-state index is 13.5. The Hall–Kier alpha value is -3.80. The molecule has 3 aromatic heterocycles. The first-order valence-corrected chi connectivity index (χ1v) is 12.6. The zero-order valence-corrected chi connectivity index (χ0v) is 20.1. The van der Waals surface area contributed by atoms with Crippen LogP contribution < -0.4 is 18.9 Å². The SMILES string of the molecule is COc1cc(C)nc(OC)c1S(=O)(=O)Nc1noc2cc(Cn3cccn3)c3c(c12)OC1CCC31. The number of benzene rings is 1. The number of sulfonamides is 1. The third kappa shape index (κ3) is 3.39. The number of nitrogens with zero attached hydrogens (tertiary/aromatic N) is 4. The lowest BCUT2D eigenvalue weighted by Gasteiger charge is -2.29. The molecule has 35 heavy (non-hydrogen) atoms. The van der Waals surface area contributed by atoms with Crippen LogP contribution in [0.2, 0.25) is 0 Å². The number of anilines is 1. The average Bonchev–Trinajstić information content (AvgIpc) is 3.52. The Kier molecular flexibility index (Phi) is 4.88. The fourth-order valence-electron chi connectivity index (χ4n) is 4.85. The Balaban J connectivity index is 1.47. The molecule has 2 unspecified atom stereocenters. The Morgan fingerprint density at radius 1 is 1.23 bits per heavy atom. The molecular formula is C23H23N5O6S. The predicted octanol–water partition coefficient (Wildman–Crippen LogP) is 3.23. The molecule has 1 saturated carbocycles. The Morgan fingerprint density at radius 3 is 2.77 bits per heavy atom. The van der Waals surface area contributed by atoms with Crippen molar-refractivity contribution in [2.24, 2.45) is 0 Å². The minimum atomic E-state index is -4.21. The number of hydrogen-bond acceptors (Lipinski definition) is 9. The molecule has 4 aromatic rings. The lowest BCUT2D eigenvalue weighted by Crippen LogP contribution is -2.29. The molecule has 1 aliphatic heterocycles. The number of aryl methyl sites for hydroxylation is 1. The molecule has 0 spiro atoms. The quantitative estimate of drug-likeness (QED) is 0.409. The first kappa shape index (κ1) is 21.7. The second kappa shape index (κ2) is 7.87. The van der Waals surface area contributed by atoms with Crippen molar-refractivity contribution >= 4 is 26.8 Å². The number of nitrogens with one attached hydrogen (secondary N) is 1. The van der Waals surface area contributed by atoms with Crippen LogP contribution in [0, 0.1) is 6.92 Å². The van der Waals surface area contributed by atoms with Gasteiger partial charge in [0.05, 0.1) is 20.8 Å². The summed E-state index contributed by atoms with van der Waals surface area (Å²) in [6.07, 6.45) is 5.63. The van der Waals surface area contributed by atoms with Crippen molar-refractivity contribution in [3.63, 3.8) is 0 Å². The summed E-state index contributed by atoms with van der Waals surface area (Å²) >= 11 is 0. The van der Waals surface area contributed by atoms with Gasteiger partial charge in [0.25, 0.3) is 10.0 Å². The van der Waals surface area contributed by atoms with Gasteiger partial charge in [-0.05, 0) is 37.5 Å². The van der Waals surface area contributed by atoms with Crippen LogP contribution in [0.1, 0.15) is 35.6 Å². The normalized spacial score (nSPS) is 18.5. The molecule has 0 radical (unpaired) electrons. The minimum Gasteiger partial charge on any atom is -0.495 e. The molecule has 4 heterocycles. The van der Waals surface area contributed by atoms with Gasteiger partial charge in [0.1, 0.15) is 23.0 Å². The van der Waals surface area contributed by atoms with Gasteiger partial charge in [0.2, 0.25) is 5.88 Å². The van der Waals surface area contributed by atoms with Gasteiger partial charge in [0.15, 0.2) is 16.3 Å². The summed E-state index contributed by atoms with van der Waals surface area (Å²) in [6, 6.07) is 5.28. The van der Waals surface area contributed by atoms with Crippen molar-refractivity contribution < 1.29 is 27.2 Å².